The summed E-state index contributed by atoms with van der Waals surface area (Å²) in [5.74, 6) is 0.328. The van der Waals surface area contributed by atoms with Gasteiger partial charge in [0.05, 0.1) is 16.3 Å². The maximum atomic E-state index is 12.6. The predicted octanol–water partition coefficient (Wildman–Crippen LogP) is 4.98. The Hall–Kier alpha value is -2.37. The number of benzene rings is 1. The summed E-state index contributed by atoms with van der Waals surface area (Å²) in [6, 6.07) is 9.36. The minimum atomic E-state index is -0.212. The Balaban J connectivity index is 1.73. The number of halogens is 2. The number of rotatable bonds is 6. The van der Waals surface area contributed by atoms with E-state index in [-0.39, 0.29) is 11.3 Å². The summed E-state index contributed by atoms with van der Waals surface area (Å²) in [5.41, 5.74) is 2.20. The first-order valence-electron chi connectivity index (χ1n) is 9.03. The molecule has 0 bridgehead atoms. The van der Waals surface area contributed by atoms with E-state index in [9.17, 15) is 4.79 Å². The second kappa shape index (κ2) is 8.33. The second-order valence-electron chi connectivity index (χ2n) is 7.06. The Morgan fingerprint density at radius 2 is 1.93 bits per heavy atom. The molecule has 0 aliphatic carbocycles. The lowest BCUT2D eigenvalue weighted by atomic mass is 9.80. The van der Waals surface area contributed by atoms with Gasteiger partial charge >= 0.3 is 0 Å². The smallest absolute Gasteiger partial charge is 0.252 e. The molecule has 0 saturated carbocycles. The van der Waals surface area contributed by atoms with Crippen LogP contribution in [0.25, 0.3) is 5.82 Å². The minimum Gasteiger partial charge on any atom is -0.351 e. The first kappa shape index (κ1) is 20.4. The molecule has 2 aromatic heterocycles. The van der Waals surface area contributed by atoms with Crippen molar-refractivity contribution < 1.29 is 4.79 Å². The van der Waals surface area contributed by atoms with Gasteiger partial charge in [-0.05, 0) is 37.1 Å². The lowest BCUT2D eigenvalue weighted by Gasteiger charge is -2.29. The highest BCUT2D eigenvalue weighted by molar-refractivity contribution is 6.32. The fraction of sp³-hybridized carbons (Fsp3) is 0.286. The standard InChI is InChI=1S/C21H22Cl2N4O/c1-4-21(3,16-5-7-17(22)8-6-16)12-25-20(28)15-9-18(23)19(24-10-15)27-11-14(2)26-13-27/h5-11,13H,4,12H2,1-3H3,(H,25,28). The Kier molecular flexibility index (Phi) is 6.06. The van der Waals surface area contributed by atoms with Crippen molar-refractivity contribution in [2.45, 2.75) is 32.6 Å². The lowest BCUT2D eigenvalue weighted by molar-refractivity contribution is 0.0943. The molecule has 1 amide bonds. The molecule has 0 aliphatic heterocycles. The fourth-order valence-corrected chi connectivity index (χ4v) is 3.33. The molecule has 2 heterocycles. The third-order valence-electron chi connectivity index (χ3n) is 5.00. The normalized spacial score (nSPS) is 13.2. The van der Waals surface area contributed by atoms with Crippen molar-refractivity contribution in [3.8, 4) is 5.82 Å². The molecule has 1 aromatic carbocycles. The summed E-state index contributed by atoms with van der Waals surface area (Å²) in [5, 5.41) is 4.09. The van der Waals surface area contributed by atoms with E-state index in [2.05, 4.69) is 29.1 Å². The van der Waals surface area contributed by atoms with Crippen molar-refractivity contribution in [1.82, 2.24) is 19.9 Å². The highest BCUT2D eigenvalue weighted by atomic mass is 35.5. The topological polar surface area (TPSA) is 59.8 Å². The van der Waals surface area contributed by atoms with E-state index in [1.807, 2.05) is 37.4 Å². The van der Waals surface area contributed by atoms with E-state index < -0.39 is 0 Å². The monoisotopic (exact) mass is 416 g/mol. The zero-order valence-electron chi connectivity index (χ0n) is 16.0. The average Bonchev–Trinajstić information content (AvgIpc) is 3.12. The van der Waals surface area contributed by atoms with Gasteiger partial charge in [0.25, 0.3) is 5.91 Å². The van der Waals surface area contributed by atoms with Crippen molar-refractivity contribution >= 4 is 29.1 Å². The van der Waals surface area contributed by atoms with Crippen molar-refractivity contribution in [3.05, 3.63) is 75.9 Å². The molecule has 0 saturated heterocycles. The molecule has 0 radical (unpaired) electrons. The molecule has 3 rings (SSSR count). The van der Waals surface area contributed by atoms with Crippen LogP contribution in [-0.2, 0) is 5.41 Å². The maximum Gasteiger partial charge on any atom is 0.252 e. The van der Waals surface area contributed by atoms with Crippen molar-refractivity contribution in [3.63, 3.8) is 0 Å². The van der Waals surface area contributed by atoms with Gasteiger partial charge in [-0.15, -0.1) is 0 Å². The van der Waals surface area contributed by atoms with E-state index >= 15 is 0 Å². The number of nitrogens with zero attached hydrogens (tertiary/aromatic N) is 3. The molecule has 0 spiro atoms. The summed E-state index contributed by atoms with van der Waals surface area (Å²) >= 11 is 12.3. The predicted molar refractivity (Wildman–Crippen MR) is 113 cm³/mol. The van der Waals surface area contributed by atoms with Crippen LogP contribution in [0, 0.1) is 6.92 Å². The number of nitrogens with one attached hydrogen (secondary N) is 1. The van der Waals surface area contributed by atoms with Crippen LogP contribution >= 0.6 is 23.2 Å². The van der Waals surface area contributed by atoms with Crippen LogP contribution in [0.15, 0.2) is 49.1 Å². The molecule has 5 nitrogen and oxygen atoms in total. The number of hydrogen-bond acceptors (Lipinski definition) is 3. The fourth-order valence-electron chi connectivity index (χ4n) is 2.94. The van der Waals surface area contributed by atoms with Crippen LogP contribution in [0.1, 0.15) is 41.9 Å². The summed E-state index contributed by atoms with van der Waals surface area (Å²) in [4.78, 5) is 21.1. The summed E-state index contributed by atoms with van der Waals surface area (Å²) in [6.07, 6.45) is 5.86. The van der Waals surface area contributed by atoms with Gasteiger partial charge in [-0.3, -0.25) is 9.36 Å². The first-order valence-corrected chi connectivity index (χ1v) is 9.79. The number of hydrogen-bond donors (Lipinski definition) is 1. The number of pyridine rings is 1. The van der Waals surface area contributed by atoms with E-state index in [1.165, 1.54) is 6.20 Å². The maximum absolute atomic E-state index is 12.6. The van der Waals surface area contributed by atoms with Crippen LogP contribution < -0.4 is 5.32 Å². The van der Waals surface area contributed by atoms with Gasteiger partial charge in [0.15, 0.2) is 5.82 Å². The third-order valence-corrected chi connectivity index (χ3v) is 5.53. The molecule has 146 valence electrons. The molecule has 0 fully saturated rings. The Morgan fingerprint density at radius 3 is 2.50 bits per heavy atom. The Morgan fingerprint density at radius 1 is 1.21 bits per heavy atom. The summed E-state index contributed by atoms with van der Waals surface area (Å²) < 4.78 is 1.73. The molecule has 1 N–H and O–H groups in total. The van der Waals surface area contributed by atoms with Crippen LogP contribution in [0.5, 0.6) is 0 Å². The Bertz CT molecular complexity index is 984. The van der Waals surface area contributed by atoms with E-state index in [4.69, 9.17) is 23.2 Å². The van der Waals surface area contributed by atoms with Gasteiger partial charge in [-0.2, -0.15) is 0 Å². The quantitative estimate of drug-likeness (QED) is 0.616. The molecular weight excluding hydrogens is 395 g/mol. The molecule has 7 heteroatoms. The molecular formula is C21H22Cl2N4O. The average molecular weight is 417 g/mol. The van der Waals surface area contributed by atoms with E-state index in [1.54, 1.807) is 17.0 Å². The molecule has 3 aromatic rings. The number of carbonyl (C=O) groups is 1. The highest BCUT2D eigenvalue weighted by Gasteiger charge is 2.25. The molecule has 1 unspecified atom stereocenters. The minimum absolute atomic E-state index is 0.203. The molecule has 28 heavy (non-hydrogen) atoms. The van der Waals surface area contributed by atoms with E-state index in [0.717, 1.165) is 17.7 Å². The SMILES string of the molecule is CCC(C)(CNC(=O)c1cnc(-n2cnc(C)c2)c(Cl)c1)c1ccc(Cl)cc1. The zero-order valence-corrected chi connectivity index (χ0v) is 17.6. The number of imidazole rings is 1. The van der Waals surface area contributed by atoms with Crippen molar-refractivity contribution in [1.29, 1.82) is 0 Å². The zero-order chi connectivity index (χ0) is 20.3. The van der Waals surface area contributed by atoms with Crippen LogP contribution in [-0.4, -0.2) is 27.0 Å². The van der Waals surface area contributed by atoms with Crippen molar-refractivity contribution in [2.24, 2.45) is 0 Å². The van der Waals surface area contributed by atoms with Gasteiger partial charge in [-0.1, -0.05) is 49.2 Å². The van der Waals surface area contributed by atoms with Gasteiger partial charge in [0, 0.05) is 29.4 Å². The summed E-state index contributed by atoms with van der Waals surface area (Å²) in [6.45, 7) is 6.59. The van der Waals surface area contributed by atoms with E-state index in [0.29, 0.717) is 28.0 Å². The van der Waals surface area contributed by atoms with Gasteiger partial charge in [0.1, 0.15) is 6.33 Å². The van der Waals surface area contributed by atoms with Crippen LogP contribution in [0.3, 0.4) is 0 Å². The molecule has 1 atom stereocenters. The number of aromatic nitrogens is 3. The van der Waals surface area contributed by atoms with Gasteiger partial charge in [-0.25, -0.2) is 9.97 Å². The first-order chi connectivity index (χ1) is 13.3. The largest absolute Gasteiger partial charge is 0.351 e. The molecule has 0 aliphatic rings. The number of aryl methyl sites for hydroxylation is 1. The number of amides is 1. The van der Waals surface area contributed by atoms with Crippen LogP contribution in [0.4, 0.5) is 0 Å². The van der Waals surface area contributed by atoms with Gasteiger partial charge in [0.2, 0.25) is 0 Å². The van der Waals surface area contributed by atoms with Gasteiger partial charge < -0.3 is 5.32 Å². The number of carbonyl (C=O) groups excluding carboxylic acids is 1. The highest BCUT2D eigenvalue weighted by Crippen LogP contribution is 2.28. The second-order valence-corrected chi connectivity index (χ2v) is 7.90. The van der Waals surface area contributed by atoms with Crippen molar-refractivity contribution in [2.75, 3.05) is 6.54 Å². The Labute approximate surface area is 174 Å². The third kappa shape index (κ3) is 4.37. The van der Waals surface area contributed by atoms with Crippen LogP contribution in [0.2, 0.25) is 10.0 Å². The lowest BCUT2D eigenvalue weighted by Crippen LogP contribution is -2.38. The summed E-state index contributed by atoms with van der Waals surface area (Å²) in [7, 11) is 0.